The molecule has 0 aromatic carbocycles. The summed E-state index contributed by atoms with van der Waals surface area (Å²) >= 11 is 0. The highest BCUT2D eigenvalue weighted by molar-refractivity contribution is 6.05. The molecule has 4 amide bonds. The molecule has 11 heteroatoms. The van der Waals surface area contributed by atoms with Gasteiger partial charge in [-0.1, -0.05) is 0 Å². The SMILES string of the molecule is CC(=O)NCCC(=O)Nc1cc(C(=O)Nc2cc(C(=O)NCCCN(C)C)n(C)c2)n(C)c1. The van der Waals surface area contributed by atoms with Gasteiger partial charge in [0.1, 0.15) is 11.4 Å². The predicted molar refractivity (Wildman–Crippen MR) is 126 cm³/mol. The van der Waals surface area contributed by atoms with Crippen LogP contribution in [0, 0.1) is 0 Å². The molecule has 0 spiro atoms. The van der Waals surface area contributed by atoms with Crippen LogP contribution in [0.5, 0.6) is 0 Å². The van der Waals surface area contributed by atoms with Gasteiger partial charge < -0.3 is 35.3 Å². The second-order valence-corrected chi connectivity index (χ2v) is 8.10. The van der Waals surface area contributed by atoms with Gasteiger partial charge in [-0.2, -0.15) is 0 Å². The van der Waals surface area contributed by atoms with Crippen molar-refractivity contribution in [1.29, 1.82) is 0 Å². The number of carbonyl (C=O) groups is 4. The van der Waals surface area contributed by atoms with Crippen LogP contribution in [-0.2, 0) is 23.7 Å². The maximum absolute atomic E-state index is 12.7. The van der Waals surface area contributed by atoms with Crippen molar-refractivity contribution in [2.24, 2.45) is 14.1 Å². The summed E-state index contributed by atoms with van der Waals surface area (Å²) in [5.74, 6) is -1.06. The Morgan fingerprint density at radius 3 is 2.00 bits per heavy atom. The standard InChI is InChI=1S/C22H33N7O4/c1-15(30)23-9-7-20(31)25-16-11-19(29(5)13-16)22(33)26-17-12-18(28(4)14-17)21(32)24-8-6-10-27(2)3/h11-14H,6-10H2,1-5H3,(H,23,30)(H,24,32)(H,25,31)(H,26,33). The van der Waals surface area contributed by atoms with Gasteiger partial charge in [0, 0.05) is 52.9 Å². The average molecular weight is 460 g/mol. The molecule has 2 rings (SSSR count). The Morgan fingerprint density at radius 2 is 1.42 bits per heavy atom. The third kappa shape index (κ3) is 8.11. The number of nitrogens with zero attached hydrogens (tertiary/aromatic N) is 3. The summed E-state index contributed by atoms with van der Waals surface area (Å²) in [4.78, 5) is 50.1. The molecule has 0 fully saturated rings. The molecule has 11 nitrogen and oxygen atoms in total. The maximum Gasteiger partial charge on any atom is 0.272 e. The molecule has 2 aromatic heterocycles. The molecule has 33 heavy (non-hydrogen) atoms. The minimum Gasteiger partial charge on any atom is -0.356 e. The van der Waals surface area contributed by atoms with E-state index in [1.54, 1.807) is 47.8 Å². The number of nitrogens with one attached hydrogen (secondary N) is 4. The first-order valence-corrected chi connectivity index (χ1v) is 10.7. The van der Waals surface area contributed by atoms with Gasteiger partial charge in [-0.05, 0) is 39.2 Å². The number of rotatable bonds is 11. The van der Waals surface area contributed by atoms with Gasteiger partial charge in [0.15, 0.2) is 0 Å². The summed E-state index contributed by atoms with van der Waals surface area (Å²) in [5, 5.41) is 10.9. The first kappa shape index (κ1) is 25.7. The van der Waals surface area contributed by atoms with Gasteiger partial charge in [-0.15, -0.1) is 0 Å². The average Bonchev–Trinajstić information content (AvgIpc) is 3.26. The van der Waals surface area contributed by atoms with E-state index in [0.717, 1.165) is 13.0 Å². The fourth-order valence-corrected chi connectivity index (χ4v) is 3.18. The third-order valence-electron chi connectivity index (χ3n) is 4.81. The first-order chi connectivity index (χ1) is 15.6. The summed E-state index contributed by atoms with van der Waals surface area (Å²) in [6.07, 6.45) is 4.26. The van der Waals surface area contributed by atoms with Crippen LogP contribution >= 0.6 is 0 Å². The summed E-state index contributed by atoms with van der Waals surface area (Å²) < 4.78 is 3.25. The highest BCUT2D eigenvalue weighted by Crippen LogP contribution is 2.17. The summed E-state index contributed by atoms with van der Waals surface area (Å²) in [6, 6.07) is 3.18. The maximum atomic E-state index is 12.7. The molecule has 0 radical (unpaired) electrons. The van der Waals surface area contributed by atoms with Gasteiger partial charge in [-0.25, -0.2) is 0 Å². The van der Waals surface area contributed by atoms with Gasteiger partial charge in [0.05, 0.1) is 11.4 Å². The Kier molecular flexibility index (Phi) is 9.22. The van der Waals surface area contributed by atoms with Crippen molar-refractivity contribution in [3.8, 4) is 0 Å². The van der Waals surface area contributed by atoms with E-state index in [1.807, 2.05) is 14.1 Å². The largest absolute Gasteiger partial charge is 0.356 e. The first-order valence-electron chi connectivity index (χ1n) is 10.7. The highest BCUT2D eigenvalue weighted by Gasteiger charge is 2.17. The number of aromatic nitrogens is 2. The van der Waals surface area contributed by atoms with Crippen LogP contribution in [0.25, 0.3) is 0 Å². The van der Waals surface area contributed by atoms with Crippen LogP contribution < -0.4 is 21.3 Å². The number of hydrogen-bond acceptors (Lipinski definition) is 5. The van der Waals surface area contributed by atoms with Crippen LogP contribution in [0.4, 0.5) is 11.4 Å². The summed E-state index contributed by atoms with van der Waals surface area (Å²) in [5.41, 5.74) is 1.74. The van der Waals surface area contributed by atoms with Crippen molar-refractivity contribution in [2.75, 3.05) is 44.4 Å². The molecule has 0 saturated carbocycles. The molecule has 0 unspecified atom stereocenters. The number of carbonyl (C=O) groups excluding carboxylic acids is 4. The van der Waals surface area contributed by atoms with Crippen molar-refractivity contribution in [1.82, 2.24) is 24.7 Å². The Balaban J connectivity index is 1.94. The van der Waals surface area contributed by atoms with E-state index in [0.29, 0.717) is 29.3 Å². The molecule has 0 aliphatic rings. The third-order valence-corrected chi connectivity index (χ3v) is 4.81. The lowest BCUT2D eigenvalue weighted by Gasteiger charge is -2.10. The lowest BCUT2D eigenvalue weighted by atomic mass is 10.3. The Labute approximate surface area is 193 Å². The van der Waals surface area contributed by atoms with Crippen molar-refractivity contribution in [3.63, 3.8) is 0 Å². The van der Waals surface area contributed by atoms with Gasteiger partial charge in [0.25, 0.3) is 11.8 Å². The second kappa shape index (κ2) is 11.9. The molecular formula is C22H33N7O4. The summed E-state index contributed by atoms with van der Waals surface area (Å²) in [6.45, 7) is 3.06. The molecule has 4 N–H and O–H groups in total. The van der Waals surface area contributed by atoms with E-state index in [2.05, 4.69) is 26.2 Å². The van der Waals surface area contributed by atoms with E-state index < -0.39 is 0 Å². The minimum absolute atomic E-state index is 0.125. The van der Waals surface area contributed by atoms with E-state index in [4.69, 9.17) is 0 Å². The van der Waals surface area contributed by atoms with E-state index in [1.165, 1.54) is 6.92 Å². The van der Waals surface area contributed by atoms with Crippen LogP contribution in [0.3, 0.4) is 0 Å². The lowest BCUT2D eigenvalue weighted by molar-refractivity contribution is -0.119. The molecule has 180 valence electrons. The second-order valence-electron chi connectivity index (χ2n) is 8.10. The molecule has 2 heterocycles. The molecule has 0 bridgehead atoms. The zero-order chi connectivity index (χ0) is 24.5. The van der Waals surface area contributed by atoms with Gasteiger partial charge in [0.2, 0.25) is 11.8 Å². The zero-order valence-corrected chi connectivity index (χ0v) is 19.8. The van der Waals surface area contributed by atoms with E-state index >= 15 is 0 Å². The predicted octanol–water partition coefficient (Wildman–Crippen LogP) is 0.762. The van der Waals surface area contributed by atoms with E-state index in [9.17, 15) is 19.2 Å². The van der Waals surface area contributed by atoms with Gasteiger partial charge in [-0.3, -0.25) is 19.2 Å². The van der Waals surface area contributed by atoms with Crippen molar-refractivity contribution < 1.29 is 19.2 Å². The van der Waals surface area contributed by atoms with Gasteiger partial charge >= 0.3 is 0 Å². The highest BCUT2D eigenvalue weighted by atomic mass is 16.2. The van der Waals surface area contributed by atoms with Crippen LogP contribution in [-0.4, -0.2) is 71.4 Å². The topological polar surface area (TPSA) is 130 Å². The molecular weight excluding hydrogens is 426 g/mol. The monoisotopic (exact) mass is 459 g/mol. The number of anilines is 2. The smallest absolute Gasteiger partial charge is 0.272 e. The quantitative estimate of drug-likeness (QED) is 0.369. The lowest BCUT2D eigenvalue weighted by Crippen LogP contribution is -2.28. The molecule has 0 saturated heterocycles. The van der Waals surface area contributed by atoms with Crippen LogP contribution in [0.15, 0.2) is 24.5 Å². The Morgan fingerprint density at radius 1 is 0.848 bits per heavy atom. The van der Waals surface area contributed by atoms with Crippen LogP contribution in [0.2, 0.25) is 0 Å². The molecule has 2 aromatic rings. The van der Waals surface area contributed by atoms with Crippen molar-refractivity contribution in [2.45, 2.75) is 19.8 Å². The Hall–Kier alpha value is -3.60. The number of aryl methyl sites for hydroxylation is 2. The molecule has 0 aliphatic heterocycles. The normalized spacial score (nSPS) is 10.7. The minimum atomic E-state index is -0.375. The molecule has 0 atom stereocenters. The van der Waals surface area contributed by atoms with E-state index in [-0.39, 0.29) is 36.6 Å². The zero-order valence-electron chi connectivity index (χ0n) is 19.8. The summed E-state index contributed by atoms with van der Waals surface area (Å²) in [7, 11) is 7.39. The fourth-order valence-electron chi connectivity index (χ4n) is 3.18. The Bertz CT molecular complexity index is 1010. The number of amides is 4. The molecule has 0 aliphatic carbocycles. The number of hydrogen-bond donors (Lipinski definition) is 4. The van der Waals surface area contributed by atoms with Crippen LogP contribution in [0.1, 0.15) is 40.7 Å². The van der Waals surface area contributed by atoms with Crippen molar-refractivity contribution in [3.05, 3.63) is 35.9 Å². The fraction of sp³-hybridized carbons (Fsp3) is 0.455. The van der Waals surface area contributed by atoms with Crippen molar-refractivity contribution >= 4 is 35.0 Å².